The summed E-state index contributed by atoms with van der Waals surface area (Å²) in [5.41, 5.74) is 1.55. The summed E-state index contributed by atoms with van der Waals surface area (Å²) in [4.78, 5) is 40.3. The summed E-state index contributed by atoms with van der Waals surface area (Å²) in [5, 5.41) is 8.58. The number of anilines is 2. The second-order valence-electron chi connectivity index (χ2n) is 9.19. The van der Waals surface area contributed by atoms with Crippen LogP contribution in [0.3, 0.4) is 0 Å². The molecule has 0 bridgehead atoms. The van der Waals surface area contributed by atoms with E-state index in [-0.39, 0.29) is 17.9 Å². The van der Waals surface area contributed by atoms with Gasteiger partial charge in [0.2, 0.25) is 5.91 Å². The third-order valence-electron chi connectivity index (χ3n) is 6.15. The van der Waals surface area contributed by atoms with Crippen molar-refractivity contribution >= 4 is 29.2 Å². The molecule has 36 heavy (non-hydrogen) atoms. The summed E-state index contributed by atoms with van der Waals surface area (Å²) in [6, 6.07) is 10.9. The predicted molar refractivity (Wildman–Crippen MR) is 140 cm³/mol. The number of benzene rings is 2. The van der Waals surface area contributed by atoms with Crippen molar-refractivity contribution in [2.45, 2.75) is 45.6 Å². The number of nitrogens with one attached hydrogen (secondary N) is 3. The van der Waals surface area contributed by atoms with Gasteiger partial charge in [0.25, 0.3) is 5.91 Å². The number of rotatable bonds is 8. The molecule has 3 N–H and O–H groups in total. The molecule has 1 heterocycles. The summed E-state index contributed by atoms with van der Waals surface area (Å²) >= 11 is 0. The van der Waals surface area contributed by atoms with Crippen molar-refractivity contribution in [2.24, 2.45) is 5.92 Å². The minimum atomic E-state index is -0.767. The van der Waals surface area contributed by atoms with Crippen LogP contribution in [0.15, 0.2) is 42.5 Å². The highest BCUT2D eigenvalue weighted by molar-refractivity contribution is 6.01. The molecule has 0 aromatic heterocycles. The van der Waals surface area contributed by atoms with E-state index in [2.05, 4.69) is 16.0 Å². The number of methoxy groups -OCH3 is 2. The molecule has 4 amide bonds. The standard InChI is InChI=1S/C27H36N4O5/c1-18(2)24(30-25(32)19-15-22(35-3)17-23(16-19)36-4)26(33)28-20-9-11-21(12-10-20)29-27(34)31-13-7-5-6-8-14-31/h9-12,15-18,24H,5-8,13-14H2,1-4H3,(H,28,33)(H,29,34)(H,30,32)/t24-/m0/s1. The Hall–Kier alpha value is -3.75. The number of likely N-dealkylation sites (tertiary alicyclic amines) is 1. The fourth-order valence-electron chi connectivity index (χ4n) is 4.03. The fraction of sp³-hybridized carbons (Fsp3) is 0.444. The molecule has 9 nitrogen and oxygen atoms in total. The molecule has 0 unspecified atom stereocenters. The topological polar surface area (TPSA) is 109 Å². The molecule has 1 fully saturated rings. The van der Waals surface area contributed by atoms with Crippen molar-refractivity contribution < 1.29 is 23.9 Å². The normalized spacial score (nSPS) is 14.4. The molecule has 0 saturated carbocycles. The Morgan fingerprint density at radius 3 is 1.83 bits per heavy atom. The first-order valence-corrected chi connectivity index (χ1v) is 12.3. The van der Waals surface area contributed by atoms with Gasteiger partial charge in [0.05, 0.1) is 14.2 Å². The van der Waals surface area contributed by atoms with E-state index in [0.29, 0.717) is 28.4 Å². The smallest absolute Gasteiger partial charge is 0.321 e. The molecule has 3 rings (SSSR count). The zero-order valence-electron chi connectivity index (χ0n) is 21.4. The number of urea groups is 1. The van der Waals surface area contributed by atoms with Crippen LogP contribution < -0.4 is 25.4 Å². The van der Waals surface area contributed by atoms with Crippen LogP contribution in [0, 0.1) is 5.92 Å². The van der Waals surface area contributed by atoms with Crippen molar-refractivity contribution in [2.75, 3.05) is 37.9 Å². The summed E-state index contributed by atoms with van der Waals surface area (Å²) in [7, 11) is 3.01. The van der Waals surface area contributed by atoms with Crippen LogP contribution in [-0.4, -0.2) is 56.1 Å². The Balaban J connectivity index is 1.61. The molecular weight excluding hydrogens is 460 g/mol. The Bertz CT molecular complexity index is 1020. The van der Waals surface area contributed by atoms with E-state index in [1.54, 1.807) is 42.5 Å². The highest BCUT2D eigenvalue weighted by Crippen LogP contribution is 2.23. The van der Waals surface area contributed by atoms with Gasteiger partial charge in [0.1, 0.15) is 17.5 Å². The van der Waals surface area contributed by atoms with Gasteiger partial charge in [-0.2, -0.15) is 0 Å². The zero-order valence-corrected chi connectivity index (χ0v) is 21.4. The second kappa shape index (κ2) is 12.8. The van der Waals surface area contributed by atoms with Crippen LogP contribution in [0.5, 0.6) is 11.5 Å². The van der Waals surface area contributed by atoms with Gasteiger partial charge >= 0.3 is 6.03 Å². The number of carbonyl (C=O) groups is 3. The Kier molecular flexibility index (Phi) is 9.55. The van der Waals surface area contributed by atoms with Crippen LogP contribution in [-0.2, 0) is 4.79 Å². The van der Waals surface area contributed by atoms with E-state index in [0.717, 1.165) is 38.8 Å². The van der Waals surface area contributed by atoms with Crippen LogP contribution in [0.25, 0.3) is 0 Å². The molecule has 1 saturated heterocycles. The van der Waals surface area contributed by atoms with E-state index in [9.17, 15) is 14.4 Å². The van der Waals surface area contributed by atoms with Crippen molar-refractivity contribution in [1.82, 2.24) is 10.2 Å². The molecule has 9 heteroatoms. The van der Waals surface area contributed by atoms with Gasteiger partial charge in [-0.15, -0.1) is 0 Å². The molecule has 194 valence electrons. The van der Waals surface area contributed by atoms with E-state index < -0.39 is 11.9 Å². The van der Waals surface area contributed by atoms with Crippen LogP contribution in [0.4, 0.5) is 16.2 Å². The molecule has 2 aromatic rings. The van der Waals surface area contributed by atoms with Gasteiger partial charge in [-0.1, -0.05) is 26.7 Å². The Morgan fingerprint density at radius 1 is 0.806 bits per heavy atom. The van der Waals surface area contributed by atoms with Crippen LogP contribution >= 0.6 is 0 Å². The lowest BCUT2D eigenvalue weighted by Crippen LogP contribution is -2.47. The van der Waals surface area contributed by atoms with Crippen molar-refractivity contribution in [3.63, 3.8) is 0 Å². The van der Waals surface area contributed by atoms with Crippen molar-refractivity contribution in [3.05, 3.63) is 48.0 Å². The highest BCUT2D eigenvalue weighted by atomic mass is 16.5. The summed E-state index contributed by atoms with van der Waals surface area (Å²) in [5.74, 6) is 0.0527. The molecule has 1 atom stereocenters. The Labute approximate surface area is 212 Å². The predicted octanol–water partition coefficient (Wildman–Crippen LogP) is 4.50. The third kappa shape index (κ3) is 7.37. The minimum absolute atomic E-state index is 0.106. The summed E-state index contributed by atoms with van der Waals surface area (Å²) in [6.07, 6.45) is 4.36. The van der Waals surface area contributed by atoms with E-state index in [1.165, 1.54) is 14.2 Å². The maximum Gasteiger partial charge on any atom is 0.321 e. The number of ether oxygens (including phenoxy) is 2. The maximum atomic E-state index is 13.0. The largest absolute Gasteiger partial charge is 0.497 e. The molecule has 2 aromatic carbocycles. The van der Waals surface area contributed by atoms with E-state index >= 15 is 0 Å². The maximum absolute atomic E-state index is 13.0. The lowest BCUT2D eigenvalue weighted by atomic mass is 10.0. The lowest BCUT2D eigenvalue weighted by Gasteiger charge is -2.22. The number of hydrogen-bond acceptors (Lipinski definition) is 5. The number of carbonyl (C=O) groups excluding carboxylic acids is 3. The van der Waals surface area contributed by atoms with Crippen molar-refractivity contribution in [1.29, 1.82) is 0 Å². The van der Waals surface area contributed by atoms with Gasteiger partial charge in [-0.05, 0) is 55.2 Å². The van der Waals surface area contributed by atoms with Crippen LogP contribution in [0.1, 0.15) is 49.9 Å². The van der Waals surface area contributed by atoms with E-state index in [4.69, 9.17) is 9.47 Å². The first-order chi connectivity index (χ1) is 17.3. The first-order valence-electron chi connectivity index (χ1n) is 12.3. The zero-order chi connectivity index (χ0) is 26.1. The van der Waals surface area contributed by atoms with Crippen LogP contribution in [0.2, 0.25) is 0 Å². The molecule has 0 spiro atoms. The van der Waals surface area contributed by atoms with Gasteiger partial charge < -0.3 is 30.3 Å². The number of amides is 4. The monoisotopic (exact) mass is 496 g/mol. The third-order valence-corrected chi connectivity index (χ3v) is 6.15. The quantitative estimate of drug-likeness (QED) is 0.498. The fourth-order valence-corrected chi connectivity index (χ4v) is 4.03. The average molecular weight is 497 g/mol. The Morgan fingerprint density at radius 2 is 1.33 bits per heavy atom. The van der Waals surface area contributed by atoms with Gasteiger partial charge in [-0.3, -0.25) is 9.59 Å². The number of nitrogens with zero attached hydrogens (tertiary/aromatic N) is 1. The number of hydrogen-bond donors (Lipinski definition) is 3. The van der Waals surface area contributed by atoms with Gasteiger partial charge in [-0.25, -0.2) is 4.79 Å². The highest BCUT2D eigenvalue weighted by Gasteiger charge is 2.25. The molecule has 0 aliphatic carbocycles. The molecule has 1 aliphatic heterocycles. The van der Waals surface area contributed by atoms with Crippen molar-refractivity contribution in [3.8, 4) is 11.5 Å². The summed E-state index contributed by atoms with van der Waals surface area (Å²) < 4.78 is 10.5. The molecular formula is C27H36N4O5. The minimum Gasteiger partial charge on any atom is -0.497 e. The molecule has 1 aliphatic rings. The average Bonchev–Trinajstić information content (AvgIpc) is 3.17. The van der Waals surface area contributed by atoms with Gasteiger partial charge in [0, 0.05) is 36.1 Å². The van der Waals surface area contributed by atoms with Gasteiger partial charge in [0.15, 0.2) is 0 Å². The first kappa shape index (κ1) is 26.8. The SMILES string of the molecule is COc1cc(OC)cc(C(=O)N[C@H](C(=O)Nc2ccc(NC(=O)N3CCCCCC3)cc2)C(C)C)c1. The molecule has 0 radical (unpaired) electrons. The summed E-state index contributed by atoms with van der Waals surface area (Å²) in [6.45, 7) is 5.26. The van der Waals surface area contributed by atoms with E-state index in [1.807, 2.05) is 18.7 Å². The second-order valence-corrected chi connectivity index (χ2v) is 9.19. The lowest BCUT2D eigenvalue weighted by molar-refractivity contribution is -0.118.